The minimum atomic E-state index is 0. The molecule has 1 nitrogen and oxygen atoms in total. The van der Waals surface area contributed by atoms with Gasteiger partial charge in [-0.15, -0.1) is 40.8 Å². The Hall–Kier alpha value is -3.22. The molecule has 37 heavy (non-hydrogen) atoms. The minimum absolute atomic E-state index is 0. The van der Waals surface area contributed by atoms with Crippen molar-refractivity contribution in [1.82, 2.24) is 0 Å². The van der Waals surface area contributed by atoms with E-state index < -0.39 is 0 Å². The molecule has 6 rings (SSSR count). The zero-order valence-corrected chi connectivity index (χ0v) is 24.7. The van der Waals surface area contributed by atoms with Crippen molar-refractivity contribution in [3.8, 4) is 0 Å². The van der Waals surface area contributed by atoms with Crippen LogP contribution in [0.4, 0.5) is 5.69 Å². The van der Waals surface area contributed by atoms with Gasteiger partial charge in [0, 0.05) is 19.8 Å². The van der Waals surface area contributed by atoms with Gasteiger partial charge in [-0.3, -0.25) is 6.08 Å². The summed E-state index contributed by atoms with van der Waals surface area (Å²) in [4.78, 5) is 2.18. The zero-order chi connectivity index (χ0) is 24.5. The number of hydrogen-bond donors (Lipinski definition) is 0. The number of allylic oxidation sites excluding steroid dienone is 4. The first-order chi connectivity index (χ1) is 17.1. The second kappa shape index (κ2) is 15.1. The molecule has 0 fully saturated rings. The molecule has 0 spiro atoms. The van der Waals surface area contributed by atoms with Crippen molar-refractivity contribution >= 4 is 30.4 Å². The number of rotatable bonds is 3. The molecule has 0 aromatic heterocycles. The summed E-state index contributed by atoms with van der Waals surface area (Å²) in [7, 11) is 4.19. The number of anilines is 1. The summed E-state index contributed by atoms with van der Waals surface area (Å²) in [5.41, 5.74) is 3.95. The molecule has 1 aliphatic carbocycles. The van der Waals surface area contributed by atoms with E-state index in [0.717, 1.165) is 6.42 Å². The van der Waals surface area contributed by atoms with Gasteiger partial charge in [-0.05, 0) is 0 Å². The molecule has 0 bridgehead atoms. The second-order valence-corrected chi connectivity index (χ2v) is 9.71. The molecule has 0 unspecified atom stereocenters. The van der Waals surface area contributed by atoms with Crippen LogP contribution in [0.5, 0.6) is 0 Å². The Morgan fingerprint density at radius 2 is 1.30 bits per heavy atom. The standard InChI is InChI=1S/C15H14N.C13H10.C5H5.2CH3.Zr/c1-16(2)14-9-5-7-12-10-11-6-3-4-8-13(11)15(12)14;1-3-7-12(8-4-1)11-13-9-5-2-6-10-13;1-2-4-5-3-1;;;/h3-10H,1-2H3;1-10H;1-3H,4H2;2*1H3;/q-1;;3*-1;. The molecule has 5 aromatic carbocycles. The van der Waals surface area contributed by atoms with Gasteiger partial charge >= 0.3 is 99.2 Å². The van der Waals surface area contributed by atoms with Crippen LogP contribution in [0.1, 0.15) is 17.5 Å². The summed E-state index contributed by atoms with van der Waals surface area (Å²) < 4.78 is 1.42. The molecular formula is C35H35NZr-4. The normalized spacial score (nSPS) is 10.8. The van der Waals surface area contributed by atoms with Crippen molar-refractivity contribution in [3.05, 3.63) is 159 Å². The van der Waals surface area contributed by atoms with Crippen LogP contribution in [0.3, 0.4) is 0 Å². The van der Waals surface area contributed by atoms with Gasteiger partial charge in [-0.2, -0.15) is 6.08 Å². The predicted molar refractivity (Wildman–Crippen MR) is 162 cm³/mol. The summed E-state index contributed by atoms with van der Waals surface area (Å²) >= 11 is 1.46. The van der Waals surface area contributed by atoms with Gasteiger partial charge < -0.3 is 19.8 Å². The van der Waals surface area contributed by atoms with E-state index in [1.54, 1.807) is 0 Å². The molecule has 2 heteroatoms. The van der Waals surface area contributed by atoms with Gasteiger partial charge in [0.05, 0.1) is 0 Å². The molecule has 0 N–H and O–H groups in total. The number of fused-ring (bicyclic) bond motifs is 3. The van der Waals surface area contributed by atoms with Gasteiger partial charge in [0.25, 0.3) is 0 Å². The summed E-state index contributed by atoms with van der Waals surface area (Å²) in [5, 5.41) is 5.36. The second-order valence-electron chi connectivity index (χ2n) is 8.48. The monoisotopic (exact) mass is 559 g/mol. The van der Waals surface area contributed by atoms with E-state index in [4.69, 9.17) is 0 Å². The van der Waals surface area contributed by atoms with E-state index in [2.05, 4.69) is 140 Å². The molecule has 188 valence electrons. The molecule has 0 radical (unpaired) electrons. The van der Waals surface area contributed by atoms with Crippen LogP contribution in [0.2, 0.25) is 0 Å². The summed E-state index contributed by atoms with van der Waals surface area (Å²) in [5.74, 6) is 0. The van der Waals surface area contributed by atoms with Gasteiger partial charge in [0.2, 0.25) is 0 Å². The third-order valence-electron chi connectivity index (χ3n) is 5.81. The first-order valence-corrected chi connectivity index (χ1v) is 13.0. The number of hydrogen-bond acceptors (Lipinski definition) is 1. The average molecular weight is 561 g/mol. The molecule has 0 aliphatic heterocycles. The number of nitrogens with zero attached hydrogens (tertiary/aromatic N) is 1. The zero-order valence-electron chi connectivity index (χ0n) is 22.3. The van der Waals surface area contributed by atoms with E-state index in [0.29, 0.717) is 0 Å². The van der Waals surface area contributed by atoms with E-state index >= 15 is 0 Å². The van der Waals surface area contributed by atoms with E-state index in [1.165, 1.54) is 65.8 Å². The Labute approximate surface area is 238 Å². The van der Waals surface area contributed by atoms with E-state index in [-0.39, 0.29) is 14.9 Å². The van der Waals surface area contributed by atoms with Crippen molar-refractivity contribution < 1.29 is 24.2 Å². The first kappa shape index (κ1) is 30.0. The molecule has 0 amide bonds. The fourth-order valence-corrected chi connectivity index (χ4v) is 4.90. The van der Waals surface area contributed by atoms with Crippen molar-refractivity contribution in [2.24, 2.45) is 0 Å². The fraction of sp³-hybridized carbons (Fsp3) is 0.0857. The van der Waals surface area contributed by atoms with Gasteiger partial charge in [-0.1, -0.05) is 35.7 Å². The van der Waals surface area contributed by atoms with Gasteiger partial charge in [0.1, 0.15) is 0 Å². The fourth-order valence-electron chi connectivity index (χ4n) is 4.08. The predicted octanol–water partition coefficient (Wildman–Crippen LogP) is 8.79. The molecule has 0 heterocycles. The maximum absolute atomic E-state index is 2.99. The van der Waals surface area contributed by atoms with Crippen LogP contribution in [0.15, 0.2) is 127 Å². The first-order valence-electron chi connectivity index (χ1n) is 11.8. The Bertz CT molecular complexity index is 1390. The third-order valence-corrected chi connectivity index (χ3v) is 7.23. The molecule has 0 atom stereocenters. The van der Waals surface area contributed by atoms with Crippen LogP contribution in [-0.2, 0) is 24.2 Å². The average Bonchev–Trinajstić information content (AvgIpc) is 3.61. The van der Waals surface area contributed by atoms with E-state index in [1.807, 2.05) is 12.2 Å². The van der Waals surface area contributed by atoms with Crippen molar-refractivity contribution in [1.29, 1.82) is 0 Å². The van der Waals surface area contributed by atoms with Crippen molar-refractivity contribution in [2.45, 2.75) is 6.42 Å². The Balaban J connectivity index is 0.000000211. The quantitative estimate of drug-likeness (QED) is 0.199. The van der Waals surface area contributed by atoms with E-state index in [9.17, 15) is 0 Å². The maximum atomic E-state index is 2.99. The summed E-state index contributed by atoms with van der Waals surface area (Å²) in [6.45, 7) is 0. The van der Waals surface area contributed by atoms with Crippen molar-refractivity contribution in [3.63, 3.8) is 0 Å². The van der Waals surface area contributed by atoms with Crippen LogP contribution in [-0.4, -0.2) is 17.3 Å². The van der Waals surface area contributed by atoms with Crippen LogP contribution in [0, 0.1) is 20.9 Å². The Morgan fingerprint density at radius 1 is 0.730 bits per heavy atom. The molecule has 5 aromatic rings. The van der Waals surface area contributed by atoms with Crippen LogP contribution >= 0.6 is 0 Å². The Morgan fingerprint density at radius 3 is 1.81 bits per heavy atom. The Kier molecular flexibility index (Phi) is 12.3. The SMILES string of the molecule is CN(C)c1cccc2[cH-]c3ccccc3c12.[C-]1=CC=CC1.[CH3-].[CH3-].[Zr]=[C](c1ccccc1)c1ccccc1. The molecular weight excluding hydrogens is 526 g/mol. The van der Waals surface area contributed by atoms with Gasteiger partial charge in [0.15, 0.2) is 0 Å². The van der Waals surface area contributed by atoms with Crippen LogP contribution < -0.4 is 4.90 Å². The summed E-state index contributed by atoms with van der Waals surface area (Å²) in [6, 6.07) is 38.4. The third kappa shape index (κ3) is 7.88. The van der Waals surface area contributed by atoms with Crippen LogP contribution in [0.25, 0.3) is 21.5 Å². The number of benzene rings is 4. The molecule has 0 saturated carbocycles. The van der Waals surface area contributed by atoms with Crippen molar-refractivity contribution in [2.75, 3.05) is 19.0 Å². The molecule has 0 saturated heterocycles. The molecule has 1 aliphatic rings. The topological polar surface area (TPSA) is 3.24 Å². The van der Waals surface area contributed by atoms with Gasteiger partial charge in [-0.25, -0.2) is 12.2 Å². The summed E-state index contributed by atoms with van der Waals surface area (Å²) in [6.07, 6.45) is 10.0.